The number of carbonyl (C=O) groups excluding carboxylic acids is 1. The minimum atomic E-state index is -3.01. The molecule has 0 aromatic heterocycles. The van der Waals surface area contributed by atoms with E-state index in [-0.39, 0.29) is 11.2 Å². The Morgan fingerprint density at radius 1 is 1.27 bits per heavy atom. The summed E-state index contributed by atoms with van der Waals surface area (Å²) in [6.45, 7) is 5.87. The minimum absolute atomic E-state index is 0.0927. The van der Waals surface area contributed by atoms with Gasteiger partial charge in [0, 0.05) is 11.7 Å². The first kappa shape index (κ1) is 18.4. The van der Waals surface area contributed by atoms with Crippen molar-refractivity contribution in [1.29, 1.82) is 0 Å². The molecule has 6 heteroatoms. The van der Waals surface area contributed by atoms with Crippen LogP contribution in [0.2, 0.25) is 0 Å². The van der Waals surface area contributed by atoms with Crippen LogP contribution in [0.4, 0.5) is 4.79 Å². The molecule has 0 saturated heterocycles. The Morgan fingerprint density at radius 3 is 2.41 bits per heavy atom. The molecule has 0 spiro atoms. The van der Waals surface area contributed by atoms with Gasteiger partial charge in [-0.05, 0) is 23.6 Å². The van der Waals surface area contributed by atoms with E-state index in [1.165, 1.54) is 13.4 Å². The van der Waals surface area contributed by atoms with Crippen molar-refractivity contribution in [3.05, 3.63) is 35.4 Å². The third-order valence-electron chi connectivity index (χ3n) is 3.05. The quantitative estimate of drug-likeness (QED) is 0.798. The van der Waals surface area contributed by atoms with Crippen LogP contribution in [0, 0.1) is 5.41 Å². The smallest absolute Gasteiger partial charge is 0.433 e. The number of hydrogen-bond acceptors (Lipinski definition) is 4. The van der Waals surface area contributed by atoms with Crippen LogP contribution in [0.15, 0.2) is 29.3 Å². The molecule has 0 fully saturated rings. The fraction of sp³-hybridized carbons (Fsp3) is 0.500. The molecule has 1 aromatic carbocycles. The maximum Gasteiger partial charge on any atom is 0.433 e. The molecule has 0 saturated carbocycles. The summed E-state index contributed by atoms with van der Waals surface area (Å²) in [5.41, 5.74) is 1.96. The highest BCUT2D eigenvalue weighted by Crippen LogP contribution is 2.23. The van der Waals surface area contributed by atoms with Crippen molar-refractivity contribution < 1.29 is 17.9 Å². The molecule has 0 heterocycles. The third-order valence-corrected chi connectivity index (χ3v) is 4.00. The lowest BCUT2D eigenvalue weighted by Gasteiger charge is -2.21. The molecular formula is C16H23NO4S. The number of aliphatic imine (C=N–C) groups is 1. The predicted molar refractivity (Wildman–Crippen MR) is 88.3 cm³/mol. The average molecular weight is 325 g/mol. The molecule has 1 aromatic rings. The van der Waals surface area contributed by atoms with E-state index in [4.69, 9.17) is 0 Å². The van der Waals surface area contributed by atoms with Crippen molar-refractivity contribution in [2.45, 2.75) is 27.2 Å². The Hall–Kier alpha value is -1.69. The van der Waals surface area contributed by atoms with Crippen molar-refractivity contribution >= 4 is 21.6 Å². The second-order valence-corrected chi connectivity index (χ2v) is 8.52. The van der Waals surface area contributed by atoms with E-state index in [1.807, 2.05) is 45.0 Å². The number of sulfone groups is 1. The lowest BCUT2D eigenvalue weighted by Crippen LogP contribution is -2.23. The van der Waals surface area contributed by atoms with E-state index in [2.05, 4.69) is 9.73 Å². The van der Waals surface area contributed by atoms with Crippen LogP contribution in [-0.2, 0) is 21.0 Å². The van der Waals surface area contributed by atoms with Crippen LogP contribution in [0.25, 0.3) is 0 Å². The summed E-state index contributed by atoms with van der Waals surface area (Å²) < 4.78 is 27.2. The first-order valence-corrected chi connectivity index (χ1v) is 9.03. The highest BCUT2D eigenvalue weighted by molar-refractivity contribution is 7.90. The van der Waals surface area contributed by atoms with E-state index in [0.29, 0.717) is 12.1 Å². The number of methoxy groups -OCH3 is 1. The van der Waals surface area contributed by atoms with E-state index in [9.17, 15) is 13.2 Å². The first-order valence-electron chi connectivity index (χ1n) is 6.97. The highest BCUT2D eigenvalue weighted by atomic mass is 32.2. The monoisotopic (exact) mass is 325 g/mol. The van der Waals surface area contributed by atoms with Gasteiger partial charge < -0.3 is 4.74 Å². The Bertz CT molecular complexity index is 670. The summed E-state index contributed by atoms with van der Waals surface area (Å²) in [5.74, 6) is 0.0927. The number of nitrogens with zero attached hydrogens (tertiary/aromatic N) is 1. The van der Waals surface area contributed by atoms with Gasteiger partial charge in [0.25, 0.3) is 0 Å². The fourth-order valence-corrected chi connectivity index (χ4v) is 2.59. The minimum Gasteiger partial charge on any atom is -0.451 e. The standard InChI is InChI=1S/C16H23NO4S/c1-16(2,3)14(17-15(18)21-4)13-8-6-7-12(11-13)9-10-22(5,19)20/h6-8,11H,9-10H2,1-5H3/b17-14+. The molecule has 0 aliphatic carbocycles. The topological polar surface area (TPSA) is 72.8 Å². The summed E-state index contributed by atoms with van der Waals surface area (Å²) in [7, 11) is -1.72. The van der Waals surface area contributed by atoms with E-state index < -0.39 is 15.9 Å². The van der Waals surface area contributed by atoms with Gasteiger partial charge in [-0.3, -0.25) is 0 Å². The molecule has 0 N–H and O–H groups in total. The summed E-state index contributed by atoms with van der Waals surface area (Å²) in [5, 5.41) is 0. The van der Waals surface area contributed by atoms with E-state index >= 15 is 0 Å². The zero-order chi connectivity index (χ0) is 17.0. The predicted octanol–water partition coefficient (Wildman–Crippen LogP) is 2.88. The first-order chi connectivity index (χ1) is 10.0. The second-order valence-electron chi connectivity index (χ2n) is 6.26. The van der Waals surface area contributed by atoms with Gasteiger partial charge in [0.15, 0.2) is 0 Å². The van der Waals surface area contributed by atoms with Gasteiger partial charge in [0.2, 0.25) is 0 Å². The summed E-state index contributed by atoms with van der Waals surface area (Å²) in [6.07, 6.45) is 1.00. The number of rotatable bonds is 4. The maximum absolute atomic E-state index is 11.5. The Morgan fingerprint density at radius 2 is 1.91 bits per heavy atom. The van der Waals surface area contributed by atoms with Gasteiger partial charge in [0.05, 0.1) is 18.6 Å². The fourth-order valence-electron chi connectivity index (χ4n) is 1.98. The summed E-state index contributed by atoms with van der Waals surface area (Å²) >= 11 is 0. The van der Waals surface area contributed by atoms with E-state index in [1.54, 1.807) is 0 Å². The normalized spacial score (nSPS) is 13.0. The largest absolute Gasteiger partial charge is 0.451 e. The zero-order valence-electron chi connectivity index (χ0n) is 13.7. The number of carbonyl (C=O) groups is 1. The van der Waals surface area contributed by atoms with Crippen molar-refractivity contribution in [1.82, 2.24) is 0 Å². The number of aryl methyl sites for hydroxylation is 1. The van der Waals surface area contributed by atoms with Gasteiger partial charge in [-0.15, -0.1) is 0 Å². The molecule has 122 valence electrons. The number of hydrogen-bond donors (Lipinski definition) is 0. The zero-order valence-corrected chi connectivity index (χ0v) is 14.5. The van der Waals surface area contributed by atoms with Gasteiger partial charge in [-0.25, -0.2) is 13.2 Å². The SMILES string of the molecule is COC(=O)/N=C(\c1cccc(CCS(C)(=O)=O)c1)C(C)(C)C. The molecule has 5 nitrogen and oxygen atoms in total. The van der Waals surface area contributed by atoms with Crippen LogP contribution >= 0.6 is 0 Å². The Labute approximate surface area is 132 Å². The number of ether oxygens (including phenoxy) is 1. The lowest BCUT2D eigenvalue weighted by molar-refractivity contribution is 0.182. The lowest BCUT2D eigenvalue weighted by atomic mass is 9.85. The molecule has 0 radical (unpaired) electrons. The second kappa shape index (κ2) is 7.05. The van der Waals surface area contributed by atoms with Crippen molar-refractivity contribution in [2.24, 2.45) is 10.4 Å². The molecule has 0 atom stereocenters. The van der Waals surface area contributed by atoms with Crippen molar-refractivity contribution in [3.63, 3.8) is 0 Å². The number of benzene rings is 1. The van der Waals surface area contributed by atoms with Gasteiger partial charge in [-0.1, -0.05) is 39.0 Å². The number of amides is 1. The molecule has 1 rings (SSSR count). The Balaban J connectivity index is 3.17. The Kier molecular flexibility index (Phi) is 5.88. The summed E-state index contributed by atoms with van der Waals surface area (Å²) in [4.78, 5) is 15.5. The van der Waals surface area contributed by atoms with E-state index in [0.717, 1.165) is 11.1 Å². The highest BCUT2D eigenvalue weighted by Gasteiger charge is 2.22. The van der Waals surface area contributed by atoms with Gasteiger partial charge in [0.1, 0.15) is 9.84 Å². The molecule has 1 amide bonds. The molecule has 0 bridgehead atoms. The molecule has 0 aliphatic rings. The molecule has 0 aliphatic heterocycles. The molecular weight excluding hydrogens is 302 g/mol. The summed E-state index contributed by atoms with van der Waals surface area (Å²) in [6, 6.07) is 7.44. The van der Waals surface area contributed by atoms with Gasteiger partial charge in [-0.2, -0.15) is 4.99 Å². The van der Waals surface area contributed by atoms with Crippen LogP contribution in [0.5, 0.6) is 0 Å². The van der Waals surface area contributed by atoms with Gasteiger partial charge >= 0.3 is 6.09 Å². The molecule has 0 unspecified atom stereocenters. The van der Waals surface area contributed by atoms with Crippen LogP contribution < -0.4 is 0 Å². The maximum atomic E-state index is 11.5. The van der Waals surface area contributed by atoms with Crippen LogP contribution in [-0.4, -0.2) is 39.3 Å². The van der Waals surface area contributed by atoms with Crippen molar-refractivity contribution in [2.75, 3.05) is 19.1 Å². The van der Waals surface area contributed by atoms with Crippen LogP contribution in [0.1, 0.15) is 31.9 Å². The van der Waals surface area contributed by atoms with Crippen LogP contribution in [0.3, 0.4) is 0 Å². The van der Waals surface area contributed by atoms with Crippen molar-refractivity contribution in [3.8, 4) is 0 Å². The molecule has 22 heavy (non-hydrogen) atoms. The third kappa shape index (κ3) is 5.97. The average Bonchev–Trinajstić information content (AvgIpc) is 2.40.